The van der Waals surface area contributed by atoms with Gasteiger partial charge in [0.25, 0.3) is 0 Å². The monoisotopic (exact) mass is 337 g/mol. The number of rotatable bonds is 7. The zero-order valence-electron chi connectivity index (χ0n) is 15.4. The molecule has 0 aliphatic heterocycles. The van der Waals surface area contributed by atoms with E-state index in [4.69, 9.17) is 13.9 Å². The van der Waals surface area contributed by atoms with Crippen molar-refractivity contribution in [3.8, 4) is 5.75 Å². The molecular formula is C18H29O4Si. The van der Waals surface area contributed by atoms with Crippen molar-refractivity contribution in [1.82, 2.24) is 0 Å². The van der Waals surface area contributed by atoms with Gasteiger partial charge in [-0.05, 0) is 43.5 Å². The molecule has 4 nitrogen and oxygen atoms in total. The highest BCUT2D eigenvalue weighted by Crippen LogP contribution is 2.34. The van der Waals surface area contributed by atoms with Crippen molar-refractivity contribution in [1.29, 1.82) is 0 Å². The molecule has 129 valence electrons. The van der Waals surface area contributed by atoms with E-state index < -0.39 is 15.1 Å². The van der Waals surface area contributed by atoms with Crippen molar-refractivity contribution in [3.63, 3.8) is 0 Å². The van der Waals surface area contributed by atoms with Gasteiger partial charge in [-0.15, -0.1) is 0 Å². The zero-order valence-corrected chi connectivity index (χ0v) is 16.4. The lowest BCUT2D eigenvalue weighted by atomic mass is 9.85. The van der Waals surface area contributed by atoms with Gasteiger partial charge >= 0.3 is 5.97 Å². The van der Waals surface area contributed by atoms with Crippen LogP contribution < -0.4 is 4.74 Å². The fourth-order valence-electron chi connectivity index (χ4n) is 2.17. The molecule has 1 aromatic carbocycles. The first-order valence-corrected chi connectivity index (χ1v) is 10.4. The number of benzene rings is 1. The SMILES string of the molecule is CCOC(=O)C(CO[Si](C)C)Oc1c(C)cccc1C(C)(C)C. The average Bonchev–Trinajstić information content (AvgIpc) is 2.43. The molecule has 0 aliphatic carbocycles. The number of carbonyl (C=O) groups excluding carboxylic acids is 1. The summed E-state index contributed by atoms with van der Waals surface area (Å²) < 4.78 is 16.9. The van der Waals surface area contributed by atoms with Gasteiger partial charge in [0, 0.05) is 0 Å². The average molecular weight is 338 g/mol. The first-order valence-electron chi connectivity index (χ1n) is 8.03. The van der Waals surface area contributed by atoms with E-state index >= 15 is 0 Å². The summed E-state index contributed by atoms with van der Waals surface area (Å²) >= 11 is 0. The summed E-state index contributed by atoms with van der Waals surface area (Å²) in [5.74, 6) is 0.376. The van der Waals surface area contributed by atoms with Gasteiger partial charge in [-0.2, -0.15) is 0 Å². The minimum absolute atomic E-state index is 0.0775. The first-order chi connectivity index (χ1) is 10.7. The molecule has 0 heterocycles. The fourth-order valence-corrected chi connectivity index (χ4v) is 2.65. The van der Waals surface area contributed by atoms with Gasteiger partial charge in [-0.1, -0.05) is 39.0 Å². The van der Waals surface area contributed by atoms with Gasteiger partial charge in [0.1, 0.15) is 5.75 Å². The van der Waals surface area contributed by atoms with Crippen LogP contribution >= 0.6 is 0 Å². The maximum absolute atomic E-state index is 12.2. The molecular weight excluding hydrogens is 308 g/mol. The third-order valence-corrected chi connectivity index (χ3v) is 4.10. The van der Waals surface area contributed by atoms with Crippen molar-refractivity contribution < 1.29 is 18.7 Å². The standard InChI is InChI=1S/C18H29O4Si/c1-8-20-17(19)15(12-21-23(6)7)22-16-13(2)10-9-11-14(16)18(3,4)5/h9-11,15H,8,12H2,1-7H3. The number of hydrogen-bond donors (Lipinski definition) is 0. The summed E-state index contributed by atoms with van der Waals surface area (Å²) in [4.78, 5) is 12.2. The Bertz CT molecular complexity index is 520. The van der Waals surface area contributed by atoms with E-state index in [1.165, 1.54) is 0 Å². The second-order valence-corrected chi connectivity index (χ2v) is 8.88. The largest absolute Gasteiger partial charge is 0.476 e. The second kappa shape index (κ2) is 8.50. The first kappa shape index (κ1) is 19.7. The third-order valence-electron chi connectivity index (χ3n) is 3.35. The molecule has 0 spiro atoms. The summed E-state index contributed by atoms with van der Waals surface area (Å²) in [7, 11) is -0.904. The highest BCUT2D eigenvalue weighted by Gasteiger charge is 2.27. The lowest BCUT2D eigenvalue weighted by Crippen LogP contribution is -2.36. The fraction of sp³-hybridized carbons (Fsp3) is 0.611. The topological polar surface area (TPSA) is 44.8 Å². The summed E-state index contributed by atoms with van der Waals surface area (Å²) in [6, 6.07) is 6.04. The van der Waals surface area contributed by atoms with E-state index in [2.05, 4.69) is 20.8 Å². The van der Waals surface area contributed by atoms with Crippen LogP contribution in [0.3, 0.4) is 0 Å². The van der Waals surface area contributed by atoms with Crippen LogP contribution in [-0.4, -0.2) is 34.3 Å². The molecule has 1 atom stereocenters. The molecule has 0 aliphatic rings. The lowest BCUT2D eigenvalue weighted by Gasteiger charge is -2.27. The van der Waals surface area contributed by atoms with E-state index in [9.17, 15) is 4.79 Å². The maximum atomic E-state index is 12.2. The number of esters is 1. The van der Waals surface area contributed by atoms with E-state index in [1.54, 1.807) is 6.92 Å². The van der Waals surface area contributed by atoms with Crippen molar-refractivity contribution in [2.24, 2.45) is 0 Å². The van der Waals surface area contributed by atoms with Gasteiger partial charge in [0.05, 0.1) is 13.2 Å². The zero-order chi connectivity index (χ0) is 17.6. The highest BCUT2D eigenvalue weighted by molar-refractivity contribution is 6.48. The second-order valence-electron chi connectivity index (χ2n) is 6.78. The molecule has 0 saturated carbocycles. The lowest BCUT2D eigenvalue weighted by molar-refractivity contribution is -0.152. The van der Waals surface area contributed by atoms with E-state index in [-0.39, 0.29) is 18.0 Å². The Morgan fingerprint density at radius 3 is 2.43 bits per heavy atom. The Labute approximate surface area is 141 Å². The van der Waals surface area contributed by atoms with Crippen molar-refractivity contribution >= 4 is 15.0 Å². The molecule has 1 unspecified atom stereocenters. The van der Waals surface area contributed by atoms with Crippen LogP contribution in [0.4, 0.5) is 0 Å². The van der Waals surface area contributed by atoms with Crippen LogP contribution in [0.2, 0.25) is 13.1 Å². The molecule has 23 heavy (non-hydrogen) atoms. The van der Waals surface area contributed by atoms with Crippen LogP contribution in [0.5, 0.6) is 5.75 Å². The van der Waals surface area contributed by atoms with Gasteiger partial charge < -0.3 is 13.9 Å². The Balaban J connectivity index is 3.09. The van der Waals surface area contributed by atoms with Gasteiger partial charge in [-0.3, -0.25) is 0 Å². The molecule has 1 aromatic rings. The Morgan fingerprint density at radius 1 is 1.26 bits per heavy atom. The van der Waals surface area contributed by atoms with Crippen molar-refractivity contribution in [2.75, 3.05) is 13.2 Å². The van der Waals surface area contributed by atoms with Gasteiger partial charge in [0.15, 0.2) is 0 Å². The number of para-hydroxylation sites is 1. The Hall–Kier alpha value is -1.33. The van der Waals surface area contributed by atoms with Crippen LogP contribution in [0, 0.1) is 6.92 Å². The predicted octanol–water partition coefficient (Wildman–Crippen LogP) is 3.87. The molecule has 0 N–H and O–H groups in total. The summed E-state index contributed by atoms with van der Waals surface area (Å²) in [6.45, 7) is 14.8. The van der Waals surface area contributed by atoms with Crippen LogP contribution in [-0.2, 0) is 19.4 Å². The quantitative estimate of drug-likeness (QED) is 0.560. The van der Waals surface area contributed by atoms with Crippen LogP contribution in [0.15, 0.2) is 18.2 Å². The minimum atomic E-state index is -0.904. The Morgan fingerprint density at radius 2 is 1.91 bits per heavy atom. The van der Waals surface area contributed by atoms with E-state index in [1.807, 2.05) is 38.2 Å². The van der Waals surface area contributed by atoms with Gasteiger partial charge in [0.2, 0.25) is 15.1 Å². The number of hydrogen-bond acceptors (Lipinski definition) is 4. The van der Waals surface area contributed by atoms with Crippen LogP contribution in [0.25, 0.3) is 0 Å². The number of ether oxygens (including phenoxy) is 2. The Kier molecular flexibility index (Phi) is 7.29. The summed E-state index contributed by atoms with van der Waals surface area (Å²) in [5, 5.41) is 0. The molecule has 0 bridgehead atoms. The van der Waals surface area contributed by atoms with Gasteiger partial charge in [-0.25, -0.2) is 4.79 Å². The van der Waals surface area contributed by atoms with Crippen molar-refractivity contribution in [3.05, 3.63) is 29.3 Å². The van der Waals surface area contributed by atoms with Crippen LogP contribution in [0.1, 0.15) is 38.8 Å². The molecule has 1 radical (unpaired) electrons. The highest BCUT2D eigenvalue weighted by atomic mass is 28.3. The normalized spacial score (nSPS) is 13.0. The molecule has 0 amide bonds. The number of aryl methyl sites for hydroxylation is 1. The predicted molar refractivity (Wildman–Crippen MR) is 94.4 cm³/mol. The van der Waals surface area contributed by atoms with Crippen molar-refractivity contribution in [2.45, 2.75) is 59.2 Å². The van der Waals surface area contributed by atoms with E-state index in [0.29, 0.717) is 6.61 Å². The molecule has 0 saturated heterocycles. The maximum Gasteiger partial charge on any atom is 0.349 e. The third kappa shape index (κ3) is 5.99. The van der Waals surface area contributed by atoms with E-state index in [0.717, 1.165) is 16.9 Å². The minimum Gasteiger partial charge on any atom is -0.476 e. The number of carbonyl (C=O) groups is 1. The molecule has 0 fully saturated rings. The summed E-state index contributed by atoms with van der Waals surface area (Å²) in [6.07, 6.45) is -0.739. The smallest absolute Gasteiger partial charge is 0.349 e. The summed E-state index contributed by atoms with van der Waals surface area (Å²) in [5.41, 5.74) is 2.00. The molecule has 0 aromatic heterocycles. The molecule has 1 rings (SSSR count). The molecule has 5 heteroatoms.